The van der Waals surface area contributed by atoms with E-state index in [9.17, 15) is 0 Å². The number of rotatable bonds is 2. The largest absolute Gasteiger partial charge is 0.346 e. The Labute approximate surface area is 78.2 Å². The van der Waals surface area contributed by atoms with Crippen LogP contribution in [0.1, 0.15) is 13.8 Å². The van der Waals surface area contributed by atoms with E-state index >= 15 is 0 Å². The number of hydrogen-bond acceptors (Lipinski definition) is 1. The minimum absolute atomic E-state index is 0.981. The Balaban J connectivity index is 2.46. The molecule has 0 amide bonds. The van der Waals surface area contributed by atoms with Crippen molar-refractivity contribution in [2.24, 2.45) is 0 Å². The molecule has 2 heteroatoms. The summed E-state index contributed by atoms with van der Waals surface area (Å²) in [4.78, 5) is 4.12. The molecule has 2 rings (SSSR count). The average molecular weight is 173 g/mol. The van der Waals surface area contributed by atoms with Crippen LogP contribution in [-0.2, 0) is 6.54 Å². The van der Waals surface area contributed by atoms with Crippen LogP contribution in [0.25, 0.3) is 10.9 Å². The van der Waals surface area contributed by atoms with E-state index in [4.69, 9.17) is 0 Å². The number of aromatic nitrogens is 2. The van der Waals surface area contributed by atoms with Crippen molar-refractivity contribution in [1.82, 2.24) is 9.55 Å². The van der Waals surface area contributed by atoms with Crippen LogP contribution in [0, 0.1) is 5.92 Å². The minimum Gasteiger partial charge on any atom is -0.346 e. The molecule has 0 aliphatic heterocycles. The van der Waals surface area contributed by atoms with E-state index in [0.29, 0.717) is 0 Å². The Morgan fingerprint density at radius 2 is 2.23 bits per heavy atom. The van der Waals surface area contributed by atoms with E-state index in [1.165, 1.54) is 16.8 Å². The van der Waals surface area contributed by atoms with E-state index < -0.39 is 0 Å². The molecular weight excluding hydrogens is 160 g/mol. The molecule has 2 aromatic heterocycles. The predicted molar refractivity (Wildman–Crippen MR) is 54.3 cm³/mol. The van der Waals surface area contributed by atoms with Crippen LogP contribution < -0.4 is 0 Å². The van der Waals surface area contributed by atoms with Crippen molar-refractivity contribution in [3.63, 3.8) is 0 Å². The molecule has 0 aliphatic carbocycles. The van der Waals surface area contributed by atoms with Gasteiger partial charge in [0.15, 0.2) is 0 Å². The summed E-state index contributed by atoms with van der Waals surface area (Å²) < 4.78 is 2.22. The van der Waals surface area contributed by atoms with Crippen molar-refractivity contribution in [2.45, 2.75) is 20.4 Å². The summed E-state index contributed by atoms with van der Waals surface area (Å²) in [7, 11) is 0. The highest BCUT2D eigenvalue weighted by atomic mass is 15.0. The maximum Gasteiger partial charge on any atom is 0.0666 e. The second kappa shape index (κ2) is 3.21. The summed E-state index contributed by atoms with van der Waals surface area (Å²) in [6.45, 7) is 5.26. The summed E-state index contributed by atoms with van der Waals surface area (Å²) in [5.41, 5.74) is 1.21. The first-order valence-electron chi connectivity index (χ1n) is 4.45. The van der Waals surface area contributed by atoms with Gasteiger partial charge in [-0.15, -0.1) is 0 Å². The van der Waals surface area contributed by atoms with Crippen LogP contribution in [0.3, 0.4) is 0 Å². The fourth-order valence-electron chi connectivity index (χ4n) is 1.51. The summed E-state index contributed by atoms with van der Waals surface area (Å²) >= 11 is 0. The summed E-state index contributed by atoms with van der Waals surface area (Å²) in [6, 6.07) is 4.16. The first-order valence-corrected chi connectivity index (χ1v) is 4.45. The first kappa shape index (κ1) is 8.30. The minimum atomic E-state index is 0.981. The van der Waals surface area contributed by atoms with Crippen LogP contribution in [0.5, 0.6) is 0 Å². The van der Waals surface area contributed by atoms with E-state index in [2.05, 4.69) is 35.7 Å². The molecule has 1 radical (unpaired) electrons. The summed E-state index contributed by atoms with van der Waals surface area (Å²) in [5, 5.41) is 1.26. The first-order chi connectivity index (χ1) is 6.27. The topological polar surface area (TPSA) is 17.8 Å². The number of nitrogens with zero attached hydrogens (tertiary/aromatic N) is 2. The van der Waals surface area contributed by atoms with Gasteiger partial charge in [0.05, 0.1) is 11.7 Å². The van der Waals surface area contributed by atoms with E-state index in [1.54, 1.807) is 0 Å². The summed E-state index contributed by atoms with van der Waals surface area (Å²) in [5.74, 6) is 1.40. The molecule has 0 aromatic carbocycles. The highest BCUT2D eigenvalue weighted by Crippen LogP contribution is 2.15. The average Bonchev–Trinajstić information content (AvgIpc) is 2.48. The molecule has 0 N–H and O–H groups in total. The second-order valence-electron chi connectivity index (χ2n) is 3.59. The van der Waals surface area contributed by atoms with Crippen molar-refractivity contribution in [3.05, 3.63) is 36.6 Å². The normalized spacial score (nSPS) is 11.3. The molecule has 0 unspecified atom stereocenters. The molecule has 2 nitrogen and oxygen atoms in total. The van der Waals surface area contributed by atoms with Gasteiger partial charge >= 0.3 is 0 Å². The van der Waals surface area contributed by atoms with E-state index in [0.717, 1.165) is 6.54 Å². The third-order valence-electron chi connectivity index (χ3n) is 2.06. The molecule has 0 fully saturated rings. The van der Waals surface area contributed by atoms with Crippen LogP contribution in [0.2, 0.25) is 0 Å². The Morgan fingerprint density at radius 1 is 1.38 bits per heavy atom. The van der Waals surface area contributed by atoms with Crippen molar-refractivity contribution in [2.75, 3.05) is 0 Å². The zero-order chi connectivity index (χ0) is 9.26. The molecule has 2 aromatic rings. The maximum atomic E-state index is 4.12. The standard InChI is InChI=1S/C11H13N2/c1-9(2)8-13-6-4-10-3-5-12-7-11(10)13/h3-7H,8H2,1-2H3. The SMILES string of the molecule is C[C](C)Cn1ccc2ccncc21. The number of hydrogen-bond donors (Lipinski definition) is 0. The molecule has 13 heavy (non-hydrogen) atoms. The number of pyridine rings is 1. The zero-order valence-corrected chi connectivity index (χ0v) is 7.99. The predicted octanol–water partition coefficient (Wildman–Crippen LogP) is 2.65. The van der Waals surface area contributed by atoms with Gasteiger partial charge < -0.3 is 4.57 Å². The van der Waals surface area contributed by atoms with E-state index in [1.807, 2.05) is 18.5 Å². The molecule has 0 saturated carbocycles. The highest BCUT2D eigenvalue weighted by Gasteiger charge is 2.01. The summed E-state index contributed by atoms with van der Waals surface area (Å²) in [6.07, 6.45) is 5.85. The maximum absolute atomic E-state index is 4.12. The van der Waals surface area contributed by atoms with Gasteiger partial charge in [0.25, 0.3) is 0 Å². The van der Waals surface area contributed by atoms with Crippen LogP contribution in [0.4, 0.5) is 0 Å². The van der Waals surface area contributed by atoms with Gasteiger partial charge in [-0.25, -0.2) is 0 Å². The third kappa shape index (κ3) is 1.57. The third-order valence-corrected chi connectivity index (χ3v) is 2.06. The van der Waals surface area contributed by atoms with Crippen LogP contribution in [0.15, 0.2) is 30.7 Å². The van der Waals surface area contributed by atoms with Gasteiger partial charge in [-0.1, -0.05) is 13.8 Å². The highest BCUT2D eigenvalue weighted by molar-refractivity contribution is 5.78. The Morgan fingerprint density at radius 3 is 3.00 bits per heavy atom. The quantitative estimate of drug-likeness (QED) is 0.682. The molecule has 0 spiro atoms. The van der Waals surface area contributed by atoms with Crippen molar-refractivity contribution >= 4 is 10.9 Å². The molecule has 2 heterocycles. The van der Waals surface area contributed by atoms with Gasteiger partial charge in [0.1, 0.15) is 0 Å². The van der Waals surface area contributed by atoms with Gasteiger partial charge in [-0.2, -0.15) is 0 Å². The van der Waals surface area contributed by atoms with Crippen molar-refractivity contribution < 1.29 is 0 Å². The fourth-order valence-corrected chi connectivity index (χ4v) is 1.51. The molecule has 0 saturated heterocycles. The fraction of sp³-hybridized carbons (Fsp3) is 0.273. The Hall–Kier alpha value is -1.31. The number of fused-ring (bicyclic) bond motifs is 1. The van der Waals surface area contributed by atoms with Gasteiger partial charge in [0, 0.05) is 24.3 Å². The van der Waals surface area contributed by atoms with Crippen molar-refractivity contribution in [3.8, 4) is 0 Å². The Kier molecular flexibility index (Phi) is 2.05. The van der Waals surface area contributed by atoms with Gasteiger partial charge in [-0.05, 0) is 18.1 Å². The smallest absolute Gasteiger partial charge is 0.0666 e. The Bertz CT molecular complexity index is 401. The lowest BCUT2D eigenvalue weighted by atomic mass is 10.2. The second-order valence-corrected chi connectivity index (χ2v) is 3.59. The van der Waals surface area contributed by atoms with E-state index in [-0.39, 0.29) is 0 Å². The van der Waals surface area contributed by atoms with Crippen LogP contribution in [-0.4, -0.2) is 9.55 Å². The van der Waals surface area contributed by atoms with Gasteiger partial charge in [-0.3, -0.25) is 4.98 Å². The molecule has 67 valence electrons. The lowest BCUT2D eigenvalue weighted by molar-refractivity contribution is 0.737. The molecule has 0 atom stereocenters. The molecular formula is C11H13N2. The van der Waals surface area contributed by atoms with Gasteiger partial charge in [0.2, 0.25) is 0 Å². The monoisotopic (exact) mass is 173 g/mol. The lowest BCUT2D eigenvalue weighted by Crippen LogP contribution is -2.00. The zero-order valence-electron chi connectivity index (χ0n) is 7.99. The lowest BCUT2D eigenvalue weighted by Gasteiger charge is -2.06. The van der Waals surface area contributed by atoms with Crippen molar-refractivity contribution in [1.29, 1.82) is 0 Å². The van der Waals surface area contributed by atoms with Crippen LogP contribution >= 0.6 is 0 Å². The molecule has 0 bridgehead atoms. The molecule has 0 aliphatic rings.